The third-order valence-corrected chi connectivity index (χ3v) is 10.0. The number of piperidine rings is 1. The van der Waals surface area contributed by atoms with Gasteiger partial charge in [0.1, 0.15) is 73.2 Å². The van der Waals surface area contributed by atoms with Crippen LogP contribution in [0.15, 0.2) is 0 Å². The number of nitrogens with zero attached hydrogens (tertiary/aromatic N) is 1. The average Bonchev–Trinajstić information content (AvgIpc) is 3.10. The molecule has 0 radical (unpaired) electrons. The fourth-order valence-electron chi connectivity index (χ4n) is 7.01. The first-order valence-electron chi connectivity index (χ1n) is 17.0. The summed E-state index contributed by atoms with van der Waals surface area (Å²) in [5.41, 5.74) is 0. The minimum absolute atomic E-state index is 0.177. The maximum atomic E-state index is 12.8. The average molecular weight is 777 g/mol. The van der Waals surface area contributed by atoms with Gasteiger partial charge in [0, 0.05) is 19.9 Å². The number of carboxylic acids is 1. The van der Waals surface area contributed by atoms with Crippen LogP contribution in [0.4, 0.5) is 0 Å². The van der Waals surface area contributed by atoms with Crippen LogP contribution < -0.4 is 5.32 Å². The number of nitrogens with one attached hydrogen (secondary N) is 1. The normalized spacial score (nSPS) is 46.7. The van der Waals surface area contributed by atoms with Crippen LogP contribution in [0.2, 0.25) is 0 Å². The van der Waals surface area contributed by atoms with Crippen molar-refractivity contribution in [2.24, 2.45) is 0 Å². The number of hydrogen-bond donors (Lipinski definition) is 14. The second-order valence-electron chi connectivity index (χ2n) is 13.8. The lowest BCUT2D eigenvalue weighted by Gasteiger charge is -2.51. The summed E-state index contributed by atoms with van der Waals surface area (Å²) >= 11 is 0. The van der Waals surface area contributed by atoms with Gasteiger partial charge in [-0.05, 0) is 14.0 Å². The summed E-state index contributed by atoms with van der Waals surface area (Å²) in [6.07, 6.45) is -31.3. The third-order valence-electron chi connectivity index (χ3n) is 10.0. The van der Waals surface area contributed by atoms with E-state index < -0.39 is 160 Å². The zero-order valence-corrected chi connectivity index (χ0v) is 29.0. The molecule has 4 heterocycles. The third kappa shape index (κ3) is 9.09. The Morgan fingerprint density at radius 2 is 1.47 bits per heavy atom. The fourth-order valence-corrected chi connectivity index (χ4v) is 7.01. The lowest BCUT2D eigenvalue weighted by molar-refractivity contribution is -0.383. The number of carbonyl (C=O) groups excluding carboxylic acids is 1. The molecule has 4 rings (SSSR count). The highest BCUT2D eigenvalue weighted by Crippen LogP contribution is 2.38. The second-order valence-corrected chi connectivity index (χ2v) is 13.8. The number of carboxylic acid groups (broad SMARTS) is 1. The number of rotatable bonds is 13. The molecule has 4 aliphatic rings. The van der Waals surface area contributed by atoms with Gasteiger partial charge in [-0.25, -0.2) is 4.79 Å². The molecule has 0 aromatic carbocycles. The number of aliphatic carboxylic acids is 1. The molecule has 23 heteroatoms. The first-order chi connectivity index (χ1) is 24.8. The smallest absolute Gasteiger partial charge is 0.364 e. The van der Waals surface area contributed by atoms with E-state index in [0.717, 1.165) is 6.92 Å². The lowest BCUT2D eigenvalue weighted by atomic mass is 9.88. The molecule has 0 aromatic rings. The Morgan fingerprint density at radius 1 is 0.849 bits per heavy atom. The number of ether oxygens (including phenoxy) is 6. The zero-order valence-electron chi connectivity index (χ0n) is 29.0. The first kappa shape index (κ1) is 43.9. The van der Waals surface area contributed by atoms with E-state index >= 15 is 0 Å². The Bertz CT molecular complexity index is 1220. The van der Waals surface area contributed by atoms with Crippen molar-refractivity contribution in [2.75, 3.05) is 33.4 Å². The van der Waals surface area contributed by atoms with Gasteiger partial charge in [0.15, 0.2) is 12.6 Å². The summed E-state index contributed by atoms with van der Waals surface area (Å²) in [4.78, 5) is 26.2. The van der Waals surface area contributed by atoms with Gasteiger partial charge in [-0.2, -0.15) is 0 Å². The molecule has 0 saturated carbocycles. The quantitative estimate of drug-likeness (QED) is 0.0825. The Kier molecular flexibility index (Phi) is 14.9. The van der Waals surface area contributed by atoms with Gasteiger partial charge in [-0.15, -0.1) is 0 Å². The number of hydrogen-bond acceptors (Lipinski definition) is 21. The van der Waals surface area contributed by atoms with E-state index in [1.807, 2.05) is 0 Å². The van der Waals surface area contributed by atoms with Gasteiger partial charge < -0.3 is 100 Å². The highest BCUT2D eigenvalue weighted by Gasteiger charge is 2.60. The second kappa shape index (κ2) is 18.0. The number of β-amino-alcohol motifs (C(OH)–C–C–N with tert-alkyl or cyclic N) is 1. The topological polar surface area (TPSA) is 368 Å². The van der Waals surface area contributed by atoms with Crippen molar-refractivity contribution in [3.63, 3.8) is 0 Å². The van der Waals surface area contributed by atoms with Gasteiger partial charge in [0.25, 0.3) is 5.79 Å². The van der Waals surface area contributed by atoms with Crippen LogP contribution in [0.5, 0.6) is 0 Å². The molecule has 308 valence electrons. The number of aliphatic hydroxyl groups is 12. The molecule has 0 aromatic heterocycles. The summed E-state index contributed by atoms with van der Waals surface area (Å²) in [7, 11) is 1.51. The molecular weight excluding hydrogens is 724 g/mol. The van der Waals surface area contributed by atoms with Crippen molar-refractivity contribution in [3.05, 3.63) is 0 Å². The number of aliphatic hydroxyl groups excluding tert-OH is 12. The molecule has 0 unspecified atom stereocenters. The Hall–Kier alpha value is -1.82. The maximum Gasteiger partial charge on any atom is 0.364 e. The monoisotopic (exact) mass is 776 g/mol. The van der Waals surface area contributed by atoms with Crippen LogP contribution in [0.1, 0.15) is 20.3 Å². The van der Waals surface area contributed by atoms with Crippen molar-refractivity contribution in [1.29, 1.82) is 0 Å². The van der Waals surface area contributed by atoms with Gasteiger partial charge in [0.05, 0.1) is 50.2 Å². The summed E-state index contributed by atoms with van der Waals surface area (Å²) in [6.45, 7) is -0.426. The number of amides is 1. The van der Waals surface area contributed by atoms with Crippen molar-refractivity contribution in [2.45, 2.75) is 142 Å². The molecule has 53 heavy (non-hydrogen) atoms. The predicted molar refractivity (Wildman–Crippen MR) is 167 cm³/mol. The van der Waals surface area contributed by atoms with Crippen molar-refractivity contribution in [3.8, 4) is 0 Å². The highest BCUT2D eigenvalue weighted by atomic mass is 16.8. The molecule has 14 N–H and O–H groups in total. The van der Waals surface area contributed by atoms with E-state index in [1.54, 1.807) is 0 Å². The summed E-state index contributed by atoms with van der Waals surface area (Å²) in [5.74, 6) is -5.79. The van der Waals surface area contributed by atoms with Crippen molar-refractivity contribution >= 4 is 11.9 Å². The van der Waals surface area contributed by atoms with E-state index in [0.29, 0.717) is 0 Å². The molecule has 23 nitrogen and oxygen atoms in total. The molecule has 4 fully saturated rings. The molecule has 0 spiro atoms. The summed E-state index contributed by atoms with van der Waals surface area (Å²) in [5, 5.41) is 139. The molecule has 4 aliphatic heterocycles. The van der Waals surface area contributed by atoms with E-state index in [1.165, 1.54) is 18.9 Å². The summed E-state index contributed by atoms with van der Waals surface area (Å²) in [6, 6.07) is -2.57. The minimum atomic E-state index is -3.05. The van der Waals surface area contributed by atoms with E-state index in [9.17, 15) is 76.0 Å². The highest BCUT2D eigenvalue weighted by molar-refractivity contribution is 5.76. The van der Waals surface area contributed by atoms with Crippen LogP contribution in [-0.4, -0.2) is 239 Å². The summed E-state index contributed by atoms with van der Waals surface area (Å²) < 4.78 is 34.3. The number of likely N-dealkylation sites (tertiary alicyclic amines) is 1. The Balaban J connectivity index is 1.65. The van der Waals surface area contributed by atoms with Gasteiger partial charge in [0.2, 0.25) is 5.91 Å². The molecule has 4 saturated heterocycles. The number of carbonyl (C=O) groups is 2. The largest absolute Gasteiger partial charge is 0.477 e. The van der Waals surface area contributed by atoms with E-state index in [4.69, 9.17) is 28.4 Å². The van der Waals surface area contributed by atoms with E-state index in [2.05, 4.69) is 5.32 Å². The van der Waals surface area contributed by atoms with E-state index in [-0.39, 0.29) is 6.54 Å². The first-order valence-corrected chi connectivity index (χ1v) is 17.0. The maximum absolute atomic E-state index is 12.8. The predicted octanol–water partition coefficient (Wildman–Crippen LogP) is -8.77. The molecule has 1 amide bonds. The van der Waals surface area contributed by atoms with Gasteiger partial charge in [-0.3, -0.25) is 9.69 Å². The number of likely N-dealkylation sites (N-methyl/N-ethyl adjacent to an activating group) is 1. The van der Waals surface area contributed by atoms with Gasteiger partial charge >= 0.3 is 5.97 Å². The zero-order chi connectivity index (χ0) is 39.7. The molecular formula is C30H52N2O21. The molecule has 0 aliphatic carbocycles. The van der Waals surface area contributed by atoms with Crippen molar-refractivity contribution < 1.29 is 104 Å². The molecule has 0 bridgehead atoms. The lowest BCUT2D eigenvalue weighted by Crippen LogP contribution is -2.71. The Labute approximate surface area is 302 Å². The van der Waals surface area contributed by atoms with Crippen LogP contribution in [0, 0.1) is 0 Å². The van der Waals surface area contributed by atoms with Crippen LogP contribution in [0.3, 0.4) is 0 Å². The Morgan fingerprint density at radius 3 is 2.04 bits per heavy atom. The minimum Gasteiger partial charge on any atom is -0.477 e. The van der Waals surface area contributed by atoms with Crippen LogP contribution in [0.25, 0.3) is 0 Å². The SMILES string of the molecule is CC(=O)N[C@H]1[C@H]([C@H](O)[C@H](O)CO)O[C@@](O[C@H]2[C@@H](O)[C@@H](CO)O[C@@H](O[C@H]3[C@H](O[C@@H]4O[C@@H](C)[C@@H](O)[C@@H](O)[C@@H]4O)[C@@H](CO)N(C)C[C@@H]3O)[C@@H]2O)(C(=O)O)C[C@@H]1O. The fraction of sp³-hybridized carbons (Fsp3) is 0.933. The van der Waals surface area contributed by atoms with Crippen LogP contribution >= 0.6 is 0 Å². The molecule has 20 atom stereocenters. The van der Waals surface area contributed by atoms with Crippen LogP contribution in [-0.2, 0) is 38.0 Å². The standard InChI is InChI=1S/C30H52N2O21/c1-9-17(40)20(43)21(44)27(48-9)50-23-11(6-33)32(3)5-13(38)24(23)51-28-22(45)26(19(42)15(8-35)49-28)53-30(29(46)47)4-12(37)16(31-10(2)36)25(52-30)18(41)14(39)7-34/h9,11-28,33-35,37-45H,4-8H2,1-3H3,(H,31,36)(H,46,47)/t9-,11+,12-,13-,14+,15+,16+,17+,18+,19-,20+,21-,22+,23+,24+,25+,26-,27-,28-,30-/m0/s1. The van der Waals surface area contributed by atoms with Gasteiger partial charge in [-0.1, -0.05) is 0 Å². The van der Waals surface area contributed by atoms with Crippen molar-refractivity contribution in [1.82, 2.24) is 10.2 Å².